The van der Waals surface area contributed by atoms with Crippen molar-refractivity contribution in [2.75, 3.05) is 14.2 Å². The first-order chi connectivity index (χ1) is 16.3. The van der Waals surface area contributed by atoms with Gasteiger partial charge in [-0.1, -0.05) is 98.9 Å². The average Bonchev–Trinajstić information content (AvgIpc) is 2.71. The summed E-state index contributed by atoms with van der Waals surface area (Å²) in [5, 5.41) is 7.42. The Morgan fingerprint density at radius 3 is 0.946 bits per heavy atom. The number of ether oxygens (including phenoxy) is 2. The van der Waals surface area contributed by atoms with Crippen LogP contribution in [0.2, 0.25) is 0 Å². The van der Waals surface area contributed by atoms with Crippen molar-refractivity contribution in [3.05, 3.63) is 19.1 Å². The third kappa shape index (κ3) is 39.9. The molecule has 6 nitrogen and oxygen atoms in total. The number of carboxylic acid groups (broad SMARTS) is 1. The molecule has 0 aromatic rings. The van der Waals surface area contributed by atoms with Crippen LogP contribution in [0.3, 0.4) is 0 Å². The summed E-state index contributed by atoms with van der Waals surface area (Å²) in [5.41, 5.74) is 5.39. The molecule has 1 N–H and O–H groups in total. The third-order valence-corrected chi connectivity index (χ3v) is 11.4. The fourth-order valence-corrected chi connectivity index (χ4v) is 10.9. The molecule has 0 aromatic carbocycles. The zero-order valence-electron chi connectivity index (χ0n) is 25.8. The maximum absolute atomic E-state index is 9.78. The van der Waals surface area contributed by atoms with Gasteiger partial charge >= 0.3 is 19.5 Å². The Morgan fingerprint density at radius 2 is 0.946 bits per heavy atom. The smallest absolute Gasteiger partial charge is 0.550 e. The van der Waals surface area contributed by atoms with E-state index in [0.717, 1.165) is 47.0 Å². The van der Waals surface area contributed by atoms with Crippen LogP contribution in [0.15, 0.2) is 6.08 Å². The number of hydrogen-bond donors (Lipinski definition) is 1. The van der Waals surface area contributed by atoms with E-state index in [1.165, 1.54) is 20.1 Å². The van der Waals surface area contributed by atoms with Crippen molar-refractivity contribution in [1.82, 2.24) is 0 Å². The van der Waals surface area contributed by atoms with E-state index in [9.17, 15) is 9.59 Å². The molecule has 0 amide bonds. The van der Waals surface area contributed by atoms with Gasteiger partial charge in [0.1, 0.15) is 0 Å². The molecule has 0 saturated heterocycles. The predicted octanol–water partition coefficient (Wildman–Crippen LogP) is 7.37. The van der Waals surface area contributed by atoms with Crippen LogP contribution in [-0.2, 0) is 43.3 Å². The largest absolute Gasteiger partial charge is 2.00 e. The minimum Gasteiger partial charge on any atom is -0.550 e. The quantitative estimate of drug-likeness (QED) is 0.0773. The molecule has 0 saturated carbocycles. The SMILES string of the molecule is CC(=O)O.CC(C)P(C(C)C)C(C)C.CC(C)P(C(C)C)C(C)C.[C-]#CC(=O)OC.[CH-]=CC(=O)OC.[Rh+2]. The molecule has 0 fully saturated rings. The summed E-state index contributed by atoms with van der Waals surface area (Å²) in [4.78, 5) is 28.4. The standard InChI is InChI=1S/2C9H21P.C4H5O2.C4H3O2.C2H4O2.Rh/c2*1-7(2)10(8(3)4)9(5)6;2*1-3-4(5)6-2;1-2(3)4;/h2*7-9H,1-6H3;1,3H,2H3;2H3;1H3,(H,3,4);/q;;2*-1;;+2. The zero-order valence-corrected chi connectivity index (χ0v) is 29.3. The zero-order chi connectivity index (χ0) is 30.2. The number of esters is 2. The first kappa shape index (κ1) is 49.2. The van der Waals surface area contributed by atoms with Crippen molar-refractivity contribution in [3.63, 3.8) is 0 Å². The van der Waals surface area contributed by atoms with Crippen LogP contribution in [0.4, 0.5) is 0 Å². The summed E-state index contributed by atoms with van der Waals surface area (Å²) in [5.74, 6) is -0.575. The third-order valence-electron chi connectivity index (χ3n) is 4.20. The maximum Gasteiger partial charge on any atom is 2.00 e. The average molecular weight is 652 g/mol. The summed E-state index contributed by atoms with van der Waals surface area (Å²) in [6, 6.07) is 0. The van der Waals surface area contributed by atoms with E-state index in [4.69, 9.17) is 16.3 Å². The van der Waals surface area contributed by atoms with Gasteiger partial charge in [-0.15, -0.1) is 0 Å². The molecule has 9 heteroatoms. The van der Waals surface area contributed by atoms with E-state index in [1.807, 2.05) is 0 Å². The molecule has 0 spiro atoms. The van der Waals surface area contributed by atoms with Crippen LogP contribution in [0.1, 0.15) is 90.0 Å². The summed E-state index contributed by atoms with van der Waals surface area (Å²) in [6.07, 6.45) is 6.95. The van der Waals surface area contributed by atoms with E-state index in [2.05, 4.69) is 99.1 Å². The van der Waals surface area contributed by atoms with Crippen molar-refractivity contribution in [2.24, 2.45) is 0 Å². The Labute approximate surface area is 244 Å². The Balaban J connectivity index is -0.0000000837. The molecule has 0 aromatic heterocycles. The van der Waals surface area contributed by atoms with Gasteiger partial charge < -0.3 is 30.6 Å². The van der Waals surface area contributed by atoms with E-state index in [0.29, 0.717) is 0 Å². The van der Waals surface area contributed by atoms with Crippen molar-refractivity contribution >= 4 is 33.8 Å². The van der Waals surface area contributed by atoms with Gasteiger partial charge in [0.2, 0.25) is 5.97 Å². The Bertz CT molecular complexity index is 546. The molecule has 0 aliphatic rings. The van der Waals surface area contributed by atoms with Crippen molar-refractivity contribution in [3.8, 4) is 5.92 Å². The van der Waals surface area contributed by atoms with Gasteiger partial charge in [-0.05, 0) is 34.0 Å². The number of aliphatic carboxylic acids is 1. The van der Waals surface area contributed by atoms with Crippen LogP contribution in [0.25, 0.3) is 0 Å². The van der Waals surface area contributed by atoms with Crippen molar-refractivity contribution in [1.29, 1.82) is 0 Å². The first-order valence-corrected chi connectivity index (χ1v) is 15.3. The van der Waals surface area contributed by atoms with E-state index in [1.54, 1.807) is 0 Å². The summed E-state index contributed by atoms with van der Waals surface area (Å²) in [7, 11) is 2.99. The molecule has 0 bridgehead atoms. The van der Waals surface area contributed by atoms with Gasteiger partial charge in [0.15, 0.2) is 5.97 Å². The van der Waals surface area contributed by atoms with Gasteiger partial charge in [0.25, 0.3) is 5.97 Å². The number of carboxylic acids is 1. The monoisotopic (exact) mass is 651 g/mol. The normalized spacial score (nSPS) is 9.57. The number of hydrogen-bond acceptors (Lipinski definition) is 5. The molecule has 0 atom stereocenters. The molecular weight excluding hydrogens is 597 g/mol. The van der Waals surface area contributed by atoms with Gasteiger partial charge in [0, 0.05) is 6.92 Å². The van der Waals surface area contributed by atoms with Crippen molar-refractivity contribution in [2.45, 2.75) is 124 Å². The van der Waals surface area contributed by atoms with Gasteiger partial charge in [-0.25, -0.2) is 5.92 Å². The molecule has 0 rings (SSSR count). The second kappa shape index (κ2) is 31.4. The number of carbonyl (C=O) groups excluding carboxylic acids is 2. The maximum atomic E-state index is 9.78. The number of carbonyl (C=O) groups is 3. The van der Waals surface area contributed by atoms with E-state index in [-0.39, 0.29) is 35.3 Å². The Kier molecular flexibility index (Phi) is 41.7. The number of methoxy groups -OCH3 is 2. The second-order valence-electron chi connectivity index (χ2n) is 9.28. The van der Waals surface area contributed by atoms with Crippen molar-refractivity contribution < 1.29 is 48.4 Å². The van der Waals surface area contributed by atoms with Crippen LogP contribution in [0, 0.1) is 18.9 Å². The molecule has 0 aliphatic heterocycles. The van der Waals surface area contributed by atoms with Crippen LogP contribution in [-0.4, -0.2) is 71.2 Å². The fraction of sp³-hybridized carbons (Fsp3) is 0.750. The molecule has 1 radical (unpaired) electrons. The summed E-state index contributed by atoms with van der Waals surface area (Å²) >= 11 is 0. The van der Waals surface area contributed by atoms with Gasteiger partial charge in [-0.3, -0.25) is 11.4 Å². The minimum absolute atomic E-state index is 0. The predicted molar refractivity (Wildman–Crippen MR) is 158 cm³/mol. The van der Waals surface area contributed by atoms with Gasteiger partial charge in [-0.2, -0.15) is 6.08 Å². The topological polar surface area (TPSA) is 89.9 Å². The van der Waals surface area contributed by atoms with Crippen LogP contribution >= 0.6 is 15.8 Å². The Morgan fingerprint density at radius 1 is 0.730 bits per heavy atom. The molecule has 0 heterocycles. The molecule has 0 unspecified atom stereocenters. The summed E-state index contributed by atoms with van der Waals surface area (Å²) in [6.45, 7) is 34.0. The van der Waals surface area contributed by atoms with E-state index < -0.39 is 17.9 Å². The van der Waals surface area contributed by atoms with Crippen LogP contribution < -0.4 is 0 Å². The Hall–Kier alpha value is -0.807. The van der Waals surface area contributed by atoms with Crippen LogP contribution in [0.5, 0.6) is 0 Å². The van der Waals surface area contributed by atoms with E-state index >= 15 is 0 Å². The number of rotatable bonds is 7. The molecule has 37 heavy (non-hydrogen) atoms. The second-order valence-corrected chi connectivity index (χ2v) is 17.3. The summed E-state index contributed by atoms with van der Waals surface area (Å²) < 4.78 is 8.04. The fourth-order valence-electron chi connectivity index (χ4n) is 3.70. The molecular formula is C28H54O6P2Rh. The van der Waals surface area contributed by atoms with Gasteiger partial charge in [0.05, 0.1) is 14.2 Å². The first-order valence-electron chi connectivity index (χ1n) is 12.2. The molecule has 221 valence electrons. The minimum atomic E-state index is -0.833. The molecule has 0 aliphatic carbocycles.